The number of carbonyl (C=O) groups is 2. The van der Waals surface area contributed by atoms with Crippen LogP contribution >= 0.6 is 0 Å². The van der Waals surface area contributed by atoms with Gasteiger partial charge in [0.05, 0.1) is 19.4 Å². The van der Waals surface area contributed by atoms with Gasteiger partial charge in [-0.3, -0.25) is 4.79 Å². The predicted octanol–water partition coefficient (Wildman–Crippen LogP) is 3.42. The van der Waals surface area contributed by atoms with Gasteiger partial charge in [-0.05, 0) is 56.9 Å². The largest absolute Gasteiger partial charge is 0.467 e. The molecule has 9 nitrogen and oxygen atoms in total. The second-order valence-corrected chi connectivity index (χ2v) is 10.4. The van der Waals surface area contributed by atoms with E-state index in [2.05, 4.69) is 0 Å². The average molecular weight is 479 g/mol. The topological polar surface area (TPSA) is 110 Å². The van der Waals surface area contributed by atoms with Crippen molar-refractivity contribution in [3.05, 3.63) is 42.0 Å². The van der Waals surface area contributed by atoms with Crippen molar-refractivity contribution in [1.29, 1.82) is 0 Å². The zero-order valence-electron chi connectivity index (χ0n) is 18.8. The number of ether oxygens (including phenoxy) is 1. The number of rotatable bonds is 8. The zero-order valence-corrected chi connectivity index (χ0v) is 19.6. The number of amides is 1. The molecule has 0 N–H and O–H groups in total. The van der Waals surface area contributed by atoms with Crippen molar-refractivity contribution in [3.8, 4) is 0 Å². The van der Waals surface area contributed by atoms with Crippen LogP contribution in [0.3, 0.4) is 0 Å². The van der Waals surface area contributed by atoms with Crippen LogP contribution in [0.15, 0.2) is 44.5 Å². The Morgan fingerprint density at radius 3 is 2.48 bits per heavy atom. The van der Waals surface area contributed by atoms with Crippen LogP contribution in [0.5, 0.6) is 0 Å². The van der Waals surface area contributed by atoms with Gasteiger partial charge >= 0.3 is 5.97 Å². The smallest absolute Gasteiger partial charge is 0.374 e. The maximum Gasteiger partial charge on any atom is 0.374 e. The van der Waals surface area contributed by atoms with Crippen molar-refractivity contribution >= 4 is 21.9 Å². The molecule has 0 spiro atoms. The lowest BCUT2D eigenvalue weighted by molar-refractivity contribution is -0.140. The summed E-state index contributed by atoms with van der Waals surface area (Å²) in [5.74, 6) is -0.264. The van der Waals surface area contributed by atoms with E-state index >= 15 is 0 Å². The van der Waals surface area contributed by atoms with Gasteiger partial charge in [0.2, 0.25) is 16.8 Å². The molecule has 1 saturated carbocycles. The average Bonchev–Trinajstić information content (AvgIpc) is 3.60. The van der Waals surface area contributed by atoms with Gasteiger partial charge in [0.15, 0.2) is 0 Å². The Morgan fingerprint density at radius 2 is 1.85 bits per heavy atom. The van der Waals surface area contributed by atoms with Gasteiger partial charge in [0.25, 0.3) is 10.0 Å². The Hall–Kier alpha value is -2.59. The Labute approximate surface area is 193 Å². The molecule has 2 aromatic rings. The highest BCUT2D eigenvalue weighted by Gasteiger charge is 2.37. The summed E-state index contributed by atoms with van der Waals surface area (Å²) in [5.41, 5.74) is 0. The van der Waals surface area contributed by atoms with E-state index in [-0.39, 0.29) is 48.4 Å². The van der Waals surface area contributed by atoms with E-state index in [1.807, 2.05) is 17.0 Å². The van der Waals surface area contributed by atoms with Crippen LogP contribution in [0.2, 0.25) is 0 Å². The Morgan fingerprint density at radius 1 is 1.12 bits per heavy atom. The van der Waals surface area contributed by atoms with Crippen molar-refractivity contribution in [2.24, 2.45) is 5.92 Å². The molecule has 10 heteroatoms. The van der Waals surface area contributed by atoms with Gasteiger partial charge < -0.3 is 18.5 Å². The fourth-order valence-electron chi connectivity index (χ4n) is 4.65. The summed E-state index contributed by atoms with van der Waals surface area (Å²) in [4.78, 5) is 27.1. The third-order valence-corrected chi connectivity index (χ3v) is 8.18. The molecule has 33 heavy (non-hydrogen) atoms. The minimum Gasteiger partial charge on any atom is -0.467 e. The summed E-state index contributed by atoms with van der Waals surface area (Å²) in [5, 5.41) is -0.291. The Bertz CT molecular complexity index is 1050. The molecule has 180 valence electrons. The number of esters is 1. The standard InChI is InChI=1S/C23H30N2O7S/c1-2-30-23(27)20-9-10-21(32-20)33(28,29)24-13-11-17(12-14-24)22(26)25(18-6-3-4-7-18)16-19-8-5-15-31-19/h5,8-10,15,17-18H,2-4,6-7,11-14,16H2,1H3. The number of furan rings is 2. The lowest BCUT2D eigenvalue weighted by Gasteiger charge is -2.35. The number of hydrogen-bond acceptors (Lipinski definition) is 7. The second-order valence-electron chi connectivity index (χ2n) is 8.50. The third kappa shape index (κ3) is 5.16. The van der Waals surface area contributed by atoms with Crippen LogP contribution < -0.4 is 0 Å². The van der Waals surface area contributed by atoms with E-state index < -0.39 is 16.0 Å². The summed E-state index contributed by atoms with van der Waals surface area (Å²) in [6.45, 7) is 2.70. The first-order valence-corrected chi connectivity index (χ1v) is 12.9. The maximum absolute atomic E-state index is 13.4. The first-order valence-electron chi connectivity index (χ1n) is 11.5. The number of nitrogens with zero attached hydrogens (tertiary/aromatic N) is 2. The Kier molecular flexibility index (Phi) is 7.23. The van der Waals surface area contributed by atoms with E-state index in [1.165, 1.54) is 16.4 Å². The molecule has 0 atom stereocenters. The summed E-state index contributed by atoms with van der Waals surface area (Å²) in [6, 6.07) is 6.46. The molecule has 2 fully saturated rings. The maximum atomic E-state index is 13.4. The fraction of sp³-hybridized carbons (Fsp3) is 0.565. The Balaban J connectivity index is 1.40. The SMILES string of the molecule is CCOC(=O)c1ccc(S(=O)(=O)N2CCC(C(=O)N(Cc3ccco3)C3CCCC3)CC2)o1. The van der Waals surface area contributed by atoms with E-state index in [0.29, 0.717) is 19.4 Å². The summed E-state index contributed by atoms with van der Waals surface area (Å²) in [7, 11) is -3.90. The number of piperidine rings is 1. The quantitative estimate of drug-likeness (QED) is 0.535. The van der Waals surface area contributed by atoms with E-state index in [4.69, 9.17) is 13.6 Å². The fourth-order valence-corrected chi connectivity index (χ4v) is 6.03. The molecule has 1 aliphatic carbocycles. The van der Waals surface area contributed by atoms with Crippen LogP contribution in [0, 0.1) is 5.92 Å². The molecule has 0 unspecified atom stereocenters. The lowest BCUT2D eigenvalue weighted by Crippen LogP contribution is -2.46. The van der Waals surface area contributed by atoms with Crippen LogP contribution in [0.4, 0.5) is 0 Å². The molecule has 2 aliphatic rings. The molecule has 1 saturated heterocycles. The normalized spacial score (nSPS) is 18.5. The molecule has 4 rings (SSSR count). The molecule has 1 amide bonds. The lowest BCUT2D eigenvalue weighted by atomic mass is 9.95. The van der Waals surface area contributed by atoms with Gasteiger partial charge in [0.1, 0.15) is 5.76 Å². The van der Waals surface area contributed by atoms with Crippen molar-refractivity contribution in [1.82, 2.24) is 9.21 Å². The highest BCUT2D eigenvalue weighted by molar-refractivity contribution is 7.89. The molecule has 3 heterocycles. The van der Waals surface area contributed by atoms with E-state index in [9.17, 15) is 18.0 Å². The summed E-state index contributed by atoms with van der Waals surface area (Å²) < 4.78 is 42.9. The molecular weight excluding hydrogens is 448 g/mol. The first-order chi connectivity index (χ1) is 15.9. The highest BCUT2D eigenvalue weighted by atomic mass is 32.2. The van der Waals surface area contributed by atoms with Crippen molar-refractivity contribution < 1.29 is 31.6 Å². The molecule has 0 radical (unpaired) electrons. The number of carbonyl (C=O) groups excluding carboxylic acids is 2. The predicted molar refractivity (Wildman–Crippen MR) is 118 cm³/mol. The summed E-state index contributed by atoms with van der Waals surface area (Å²) >= 11 is 0. The van der Waals surface area contributed by atoms with Crippen molar-refractivity contribution in [2.45, 2.75) is 63.1 Å². The molecular formula is C23H30N2O7S. The molecule has 0 bridgehead atoms. The van der Waals surface area contributed by atoms with Gasteiger partial charge in [-0.2, -0.15) is 4.31 Å². The number of hydrogen-bond donors (Lipinski definition) is 0. The van der Waals surface area contributed by atoms with E-state index in [0.717, 1.165) is 31.4 Å². The van der Waals surface area contributed by atoms with Gasteiger partial charge in [-0.15, -0.1) is 0 Å². The molecule has 0 aromatic carbocycles. The van der Waals surface area contributed by atoms with Crippen LogP contribution in [0.25, 0.3) is 0 Å². The minimum absolute atomic E-state index is 0.0675. The van der Waals surface area contributed by atoms with Crippen LogP contribution in [0.1, 0.15) is 61.8 Å². The van der Waals surface area contributed by atoms with Crippen LogP contribution in [-0.2, 0) is 26.1 Å². The third-order valence-electron chi connectivity index (χ3n) is 6.41. The monoisotopic (exact) mass is 478 g/mol. The van der Waals surface area contributed by atoms with Crippen LogP contribution in [-0.4, -0.2) is 55.2 Å². The van der Waals surface area contributed by atoms with Crippen molar-refractivity contribution in [3.63, 3.8) is 0 Å². The van der Waals surface area contributed by atoms with Gasteiger partial charge in [-0.25, -0.2) is 13.2 Å². The van der Waals surface area contributed by atoms with Gasteiger partial charge in [-0.1, -0.05) is 12.8 Å². The van der Waals surface area contributed by atoms with E-state index in [1.54, 1.807) is 13.2 Å². The molecule has 1 aliphatic heterocycles. The summed E-state index contributed by atoms with van der Waals surface area (Å²) in [6.07, 6.45) is 6.68. The zero-order chi connectivity index (χ0) is 23.4. The first kappa shape index (κ1) is 23.6. The highest BCUT2D eigenvalue weighted by Crippen LogP contribution is 2.31. The molecule has 2 aromatic heterocycles. The second kappa shape index (κ2) is 10.1. The van der Waals surface area contributed by atoms with Crippen molar-refractivity contribution in [2.75, 3.05) is 19.7 Å². The van der Waals surface area contributed by atoms with Gasteiger partial charge in [0, 0.05) is 25.0 Å². The minimum atomic E-state index is -3.90. The number of sulfonamides is 1.